The molecule has 2 aromatic rings. The number of halogens is 2. The van der Waals surface area contributed by atoms with Crippen molar-refractivity contribution in [2.45, 2.75) is 76.8 Å². The van der Waals surface area contributed by atoms with Crippen molar-refractivity contribution in [2.24, 2.45) is 0 Å². The number of rotatable bonds is 7. The maximum Gasteiger partial charge on any atom is 0.222 e. The van der Waals surface area contributed by atoms with Crippen molar-refractivity contribution in [3.05, 3.63) is 71.6 Å². The van der Waals surface area contributed by atoms with Gasteiger partial charge in [0, 0.05) is 49.5 Å². The second-order valence-corrected chi connectivity index (χ2v) is 11.4. The molecule has 0 aliphatic carbocycles. The van der Waals surface area contributed by atoms with Crippen LogP contribution < -0.4 is 21.3 Å². The first-order valence-electron chi connectivity index (χ1n) is 15.0. The van der Waals surface area contributed by atoms with Gasteiger partial charge < -0.3 is 31.1 Å². The molecule has 6 rings (SSSR count). The molecule has 10 heteroatoms. The van der Waals surface area contributed by atoms with Gasteiger partial charge in [0.2, 0.25) is 11.8 Å². The maximum atomic E-state index is 15.4. The Kier molecular flexibility index (Phi) is 7.79. The second-order valence-electron chi connectivity index (χ2n) is 11.4. The van der Waals surface area contributed by atoms with Crippen LogP contribution in [0, 0.1) is 11.6 Å². The molecule has 2 unspecified atom stereocenters. The minimum atomic E-state index is -0.416. The van der Waals surface area contributed by atoms with E-state index in [0.29, 0.717) is 46.5 Å². The van der Waals surface area contributed by atoms with Crippen molar-refractivity contribution >= 4 is 23.2 Å². The predicted molar refractivity (Wildman–Crippen MR) is 158 cm³/mol. The summed E-state index contributed by atoms with van der Waals surface area (Å²) in [5.41, 5.74) is 3.23. The zero-order valence-electron chi connectivity index (χ0n) is 24.1. The summed E-state index contributed by atoms with van der Waals surface area (Å²) >= 11 is 0. The van der Waals surface area contributed by atoms with Gasteiger partial charge in [-0.1, -0.05) is 26.0 Å². The van der Waals surface area contributed by atoms with Crippen LogP contribution in [0.4, 0.5) is 8.78 Å². The number of nitrogens with one attached hydrogen (secondary N) is 4. The lowest BCUT2D eigenvalue weighted by atomic mass is 10.00. The number of hydrogen-bond acceptors (Lipinski definition) is 6. The average Bonchev–Trinajstić information content (AvgIpc) is 3.82. The minimum Gasteiger partial charge on any atom is -0.368 e. The van der Waals surface area contributed by atoms with Crippen LogP contribution in [0.3, 0.4) is 0 Å². The zero-order chi connectivity index (χ0) is 29.4. The molecule has 4 N–H and O–H groups in total. The maximum absolute atomic E-state index is 15.4. The van der Waals surface area contributed by atoms with E-state index in [1.54, 1.807) is 36.7 Å². The molecule has 8 nitrogen and oxygen atoms in total. The number of carbonyl (C=O) groups is 2. The van der Waals surface area contributed by atoms with Crippen molar-refractivity contribution in [3.8, 4) is 11.1 Å². The standard InChI is InChI=1S/C32H38F2N6O2/c1-3-29(41)39-13-5-7-27(39)31-35-17-25(37-31)21-11-9-19(15-23(21)33)20-10-12-22(24(34)16-20)26-18-36-32(38-26)28-8-6-14-40(28)30(42)4-2/h9-12,15-18,27-28,31-32,35-38H,3-8,13-14H2,1-2H3/t27-,28-,31?,32?/m0/s1. The van der Waals surface area contributed by atoms with E-state index in [0.717, 1.165) is 38.8 Å². The monoisotopic (exact) mass is 576 g/mol. The highest BCUT2D eigenvalue weighted by Crippen LogP contribution is 2.31. The van der Waals surface area contributed by atoms with Crippen LogP contribution in [0.25, 0.3) is 22.5 Å². The largest absolute Gasteiger partial charge is 0.368 e. The van der Waals surface area contributed by atoms with Crippen LogP contribution in [0.15, 0.2) is 48.8 Å². The Balaban J connectivity index is 1.12. The van der Waals surface area contributed by atoms with E-state index in [2.05, 4.69) is 21.3 Å². The molecule has 42 heavy (non-hydrogen) atoms. The third-order valence-electron chi connectivity index (χ3n) is 8.90. The quantitative estimate of drug-likeness (QED) is 0.398. The summed E-state index contributed by atoms with van der Waals surface area (Å²) in [6.45, 7) is 5.22. The summed E-state index contributed by atoms with van der Waals surface area (Å²) in [6.07, 6.45) is 7.79. The van der Waals surface area contributed by atoms with Crippen LogP contribution in [-0.4, -0.2) is 59.1 Å². The second kappa shape index (κ2) is 11.7. The molecule has 0 saturated carbocycles. The van der Waals surface area contributed by atoms with Gasteiger partial charge in [-0.25, -0.2) is 8.78 Å². The summed E-state index contributed by atoms with van der Waals surface area (Å²) in [7, 11) is 0. The molecule has 4 atom stereocenters. The van der Waals surface area contributed by atoms with Crippen LogP contribution in [0.5, 0.6) is 0 Å². The summed E-state index contributed by atoms with van der Waals surface area (Å²) in [4.78, 5) is 28.5. The fourth-order valence-electron chi connectivity index (χ4n) is 6.70. The molecule has 4 aliphatic rings. The Morgan fingerprint density at radius 1 is 0.738 bits per heavy atom. The Hall–Kier alpha value is -4.08. The zero-order valence-corrected chi connectivity index (χ0v) is 24.1. The van der Waals surface area contributed by atoms with Crippen molar-refractivity contribution < 1.29 is 18.4 Å². The molecule has 2 amide bonds. The van der Waals surface area contributed by atoms with Gasteiger partial charge in [0.15, 0.2) is 0 Å². The number of benzene rings is 2. The van der Waals surface area contributed by atoms with Gasteiger partial charge in [0.1, 0.15) is 24.0 Å². The minimum absolute atomic E-state index is 0.0147. The fraction of sp³-hybridized carbons (Fsp3) is 0.438. The lowest BCUT2D eigenvalue weighted by molar-refractivity contribution is -0.133. The average molecular weight is 577 g/mol. The highest BCUT2D eigenvalue weighted by atomic mass is 19.1. The van der Waals surface area contributed by atoms with E-state index in [1.807, 2.05) is 23.6 Å². The summed E-state index contributed by atoms with van der Waals surface area (Å²) in [6, 6.07) is 9.84. The van der Waals surface area contributed by atoms with Gasteiger partial charge in [-0.2, -0.15) is 0 Å². The summed E-state index contributed by atoms with van der Waals surface area (Å²) < 4.78 is 30.7. The van der Waals surface area contributed by atoms with E-state index < -0.39 is 11.6 Å². The molecule has 4 aliphatic heterocycles. The number of hydrogen-bond donors (Lipinski definition) is 4. The number of nitrogens with zero attached hydrogens (tertiary/aromatic N) is 2. The van der Waals surface area contributed by atoms with Crippen LogP contribution >= 0.6 is 0 Å². The summed E-state index contributed by atoms with van der Waals surface area (Å²) in [5.74, 6) is -0.575. The summed E-state index contributed by atoms with van der Waals surface area (Å²) in [5, 5.41) is 13.3. The topological polar surface area (TPSA) is 88.7 Å². The third-order valence-corrected chi connectivity index (χ3v) is 8.90. The Bertz CT molecular complexity index is 1330. The molecule has 222 valence electrons. The van der Waals surface area contributed by atoms with E-state index in [9.17, 15) is 9.59 Å². The smallest absolute Gasteiger partial charge is 0.222 e. The normalized spacial score (nSPS) is 25.0. The molecule has 4 heterocycles. The first-order valence-corrected chi connectivity index (χ1v) is 15.0. The molecule has 0 bridgehead atoms. The Morgan fingerprint density at radius 2 is 1.17 bits per heavy atom. The first-order chi connectivity index (χ1) is 20.4. The predicted octanol–water partition coefficient (Wildman–Crippen LogP) is 4.07. The fourth-order valence-corrected chi connectivity index (χ4v) is 6.70. The van der Waals surface area contributed by atoms with Crippen LogP contribution in [0.2, 0.25) is 0 Å². The Labute approximate surface area is 245 Å². The molecule has 2 fully saturated rings. The lowest BCUT2D eigenvalue weighted by Crippen LogP contribution is -2.51. The number of amides is 2. The molecule has 0 spiro atoms. The highest BCUT2D eigenvalue weighted by Gasteiger charge is 2.37. The number of carbonyl (C=O) groups excluding carboxylic acids is 2. The van der Waals surface area contributed by atoms with Gasteiger partial charge in [0.05, 0.1) is 23.5 Å². The van der Waals surface area contributed by atoms with Crippen molar-refractivity contribution in [3.63, 3.8) is 0 Å². The van der Waals surface area contributed by atoms with Crippen LogP contribution in [-0.2, 0) is 9.59 Å². The van der Waals surface area contributed by atoms with Gasteiger partial charge in [-0.3, -0.25) is 9.59 Å². The van der Waals surface area contributed by atoms with Gasteiger partial charge in [-0.05, 0) is 61.1 Å². The van der Waals surface area contributed by atoms with Gasteiger partial charge >= 0.3 is 0 Å². The van der Waals surface area contributed by atoms with Gasteiger partial charge in [0.25, 0.3) is 0 Å². The van der Waals surface area contributed by atoms with Crippen LogP contribution in [0.1, 0.15) is 63.5 Å². The lowest BCUT2D eigenvalue weighted by Gasteiger charge is -2.30. The van der Waals surface area contributed by atoms with Crippen molar-refractivity contribution in [1.29, 1.82) is 0 Å². The SMILES string of the molecule is CCC(=O)N1CCC[C@H]1C1NC=C(c2ccc(-c3ccc(C4=CNC([C@@H]5CCCN5C(=O)CC)N4)c(F)c3)cc2F)N1. The number of likely N-dealkylation sites (tertiary alicyclic amines) is 2. The molecular formula is C32H38F2N6O2. The molecule has 2 aromatic carbocycles. The van der Waals surface area contributed by atoms with E-state index >= 15 is 8.78 Å². The van der Waals surface area contributed by atoms with E-state index in [-0.39, 0.29) is 36.2 Å². The third kappa shape index (κ3) is 5.18. The highest BCUT2D eigenvalue weighted by molar-refractivity contribution is 5.78. The molecule has 2 saturated heterocycles. The van der Waals surface area contributed by atoms with E-state index in [1.165, 1.54) is 12.1 Å². The Morgan fingerprint density at radius 3 is 1.55 bits per heavy atom. The van der Waals surface area contributed by atoms with Gasteiger partial charge in [-0.15, -0.1) is 0 Å². The van der Waals surface area contributed by atoms with Crippen molar-refractivity contribution in [1.82, 2.24) is 31.1 Å². The van der Waals surface area contributed by atoms with Crippen molar-refractivity contribution in [2.75, 3.05) is 13.1 Å². The molecular weight excluding hydrogens is 538 g/mol. The molecule has 0 radical (unpaired) electrons. The first kappa shape index (κ1) is 28.1. The van der Waals surface area contributed by atoms with E-state index in [4.69, 9.17) is 0 Å². The molecule has 0 aromatic heterocycles.